The summed E-state index contributed by atoms with van der Waals surface area (Å²) in [6.45, 7) is 6.98. The van der Waals surface area contributed by atoms with Crippen molar-refractivity contribution >= 4 is 5.96 Å². The van der Waals surface area contributed by atoms with Crippen LogP contribution in [0.2, 0.25) is 0 Å². The van der Waals surface area contributed by atoms with Gasteiger partial charge < -0.3 is 14.8 Å². The summed E-state index contributed by atoms with van der Waals surface area (Å²) in [5.41, 5.74) is 0.656. The third kappa shape index (κ3) is 4.65. The Hall–Kier alpha value is -1.78. The van der Waals surface area contributed by atoms with E-state index in [9.17, 15) is 4.79 Å². The summed E-state index contributed by atoms with van der Waals surface area (Å²) in [6.07, 6.45) is 10.8. The number of guanidine groups is 1. The SMILES string of the molecule is CCNC(=NCCCCn1ccccc1=O)N1CCC2(CCCC2)C1. The van der Waals surface area contributed by atoms with E-state index >= 15 is 0 Å². The lowest BCUT2D eigenvalue weighted by atomic mass is 9.86. The molecule has 1 aliphatic heterocycles. The molecular weight excluding hydrogens is 312 g/mol. The minimum absolute atomic E-state index is 0.0817. The van der Waals surface area contributed by atoms with Crippen molar-refractivity contribution in [3.8, 4) is 0 Å². The second-order valence-electron chi connectivity index (χ2n) is 7.55. The van der Waals surface area contributed by atoms with E-state index in [1.165, 1.54) is 38.6 Å². The highest BCUT2D eigenvalue weighted by Crippen LogP contribution is 2.45. The number of aliphatic imine (C=N–C) groups is 1. The van der Waals surface area contributed by atoms with Crippen molar-refractivity contribution in [2.75, 3.05) is 26.2 Å². The second-order valence-corrected chi connectivity index (χ2v) is 7.55. The molecule has 2 heterocycles. The number of aryl methyl sites for hydroxylation is 1. The molecule has 2 aliphatic rings. The van der Waals surface area contributed by atoms with Crippen LogP contribution in [0.15, 0.2) is 34.2 Å². The lowest BCUT2D eigenvalue weighted by Gasteiger charge is -2.26. The van der Waals surface area contributed by atoms with E-state index in [1.807, 2.05) is 12.3 Å². The van der Waals surface area contributed by atoms with Crippen LogP contribution in [0.5, 0.6) is 0 Å². The van der Waals surface area contributed by atoms with Crippen molar-refractivity contribution in [2.45, 2.75) is 58.4 Å². The van der Waals surface area contributed by atoms with E-state index < -0.39 is 0 Å². The van der Waals surface area contributed by atoms with E-state index in [4.69, 9.17) is 4.99 Å². The molecule has 0 atom stereocenters. The Morgan fingerprint density at radius 1 is 1.24 bits per heavy atom. The summed E-state index contributed by atoms with van der Waals surface area (Å²) in [4.78, 5) is 19.0. The molecule has 25 heavy (non-hydrogen) atoms. The minimum atomic E-state index is 0.0817. The van der Waals surface area contributed by atoms with Crippen LogP contribution in [0.3, 0.4) is 0 Å². The smallest absolute Gasteiger partial charge is 0.250 e. The van der Waals surface area contributed by atoms with Gasteiger partial charge in [-0.2, -0.15) is 0 Å². The van der Waals surface area contributed by atoms with Crippen LogP contribution < -0.4 is 10.9 Å². The first kappa shape index (κ1) is 18.0. The largest absolute Gasteiger partial charge is 0.357 e. The quantitative estimate of drug-likeness (QED) is 0.490. The molecular formula is C20H32N4O. The Balaban J connectivity index is 1.47. The first-order valence-electron chi connectivity index (χ1n) is 9.91. The van der Waals surface area contributed by atoms with Gasteiger partial charge in [0, 0.05) is 45.0 Å². The zero-order valence-electron chi connectivity index (χ0n) is 15.5. The number of hydrogen-bond donors (Lipinski definition) is 1. The first-order chi connectivity index (χ1) is 12.2. The molecule has 2 fully saturated rings. The molecule has 1 N–H and O–H groups in total. The van der Waals surface area contributed by atoms with Gasteiger partial charge in [0.25, 0.3) is 0 Å². The maximum Gasteiger partial charge on any atom is 0.250 e. The van der Waals surface area contributed by atoms with Crippen molar-refractivity contribution < 1.29 is 0 Å². The van der Waals surface area contributed by atoms with Gasteiger partial charge >= 0.3 is 0 Å². The third-order valence-electron chi connectivity index (χ3n) is 5.70. The Labute approximate surface area is 151 Å². The van der Waals surface area contributed by atoms with Crippen LogP contribution in [0.25, 0.3) is 0 Å². The normalized spacial score (nSPS) is 19.7. The van der Waals surface area contributed by atoms with Gasteiger partial charge in [0.15, 0.2) is 5.96 Å². The third-order valence-corrected chi connectivity index (χ3v) is 5.70. The zero-order valence-corrected chi connectivity index (χ0v) is 15.5. The van der Waals surface area contributed by atoms with Gasteiger partial charge in [-0.3, -0.25) is 9.79 Å². The molecule has 5 heteroatoms. The first-order valence-corrected chi connectivity index (χ1v) is 9.91. The van der Waals surface area contributed by atoms with Gasteiger partial charge in [0.2, 0.25) is 5.56 Å². The molecule has 1 saturated heterocycles. The maximum atomic E-state index is 11.7. The fourth-order valence-corrected chi connectivity index (χ4v) is 4.30. The molecule has 0 aromatic carbocycles. The molecule has 0 amide bonds. The number of hydrogen-bond acceptors (Lipinski definition) is 2. The highest BCUT2D eigenvalue weighted by molar-refractivity contribution is 5.80. The molecule has 1 aromatic heterocycles. The van der Waals surface area contributed by atoms with Crippen LogP contribution in [0, 0.1) is 5.41 Å². The summed E-state index contributed by atoms with van der Waals surface area (Å²) in [5.74, 6) is 1.09. The van der Waals surface area contributed by atoms with Crippen molar-refractivity contribution in [3.63, 3.8) is 0 Å². The van der Waals surface area contributed by atoms with E-state index in [0.717, 1.165) is 45.0 Å². The van der Waals surface area contributed by atoms with Crippen molar-refractivity contribution in [1.82, 2.24) is 14.8 Å². The zero-order chi connectivity index (χ0) is 17.5. The highest BCUT2D eigenvalue weighted by atomic mass is 16.1. The molecule has 0 bridgehead atoms. The minimum Gasteiger partial charge on any atom is -0.357 e. The van der Waals surface area contributed by atoms with E-state index in [1.54, 1.807) is 16.7 Å². The van der Waals surface area contributed by atoms with Crippen molar-refractivity contribution in [1.29, 1.82) is 0 Å². The molecule has 0 radical (unpaired) electrons. The standard InChI is InChI=1S/C20H32N4O/c1-2-21-19(24-16-12-20(17-24)10-4-5-11-20)22-13-6-8-15-23-14-7-3-9-18(23)25/h3,7,9,14H,2,4-6,8,10-13,15-17H2,1H3,(H,21,22). The maximum absolute atomic E-state index is 11.7. The van der Waals surface area contributed by atoms with Gasteiger partial charge in [-0.1, -0.05) is 18.9 Å². The molecule has 5 nitrogen and oxygen atoms in total. The number of aromatic nitrogens is 1. The number of likely N-dealkylation sites (tertiary alicyclic amines) is 1. The fourth-order valence-electron chi connectivity index (χ4n) is 4.30. The predicted molar refractivity (Wildman–Crippen MR) is 103 cm³/mol. The van der Waals surface area contributed by atoms with Gasteiger partial charge in [-0.05, 0) is 50.5 Å². The van der Waals surface area contributed by atoms with Crippen molar-refractivity contribution in [3.05, 3.63) is 34.7 Å². The van der Waals surface area contributed by atoms with Crippen LogP contribution in [0.1, 0.15) is 51.9 Å². The number of pyridine rings is 1. The summed E-state index contributed by atoms with van der Waals surface area (Å²) in [7, 11) is 0. The summed E-state index contributed by atoms with van der Waals surface area (Å²) < 4.78 is 1.78. The van der Waals surface area contributed by atoms with Gasteiger partial charge in [0.1, 0.15) is 0 Å². The Morgan fingerprint density at radius 2 is 2.08 bits per heavy atom. The Morgan fingerprint density at radius 3 is 2.84 bits per heavy atom. The molecule has 1 saturated carbocycles. The molecule has 1 aromatic rings. The molecule has 1 aliphatic carbocycles. The van der Waals surface area contributed by atoms with Crippen LogP contribution in [0.4, 0.5) is 0 Å². The van der Waals surface area contributed by atoms with Crippen molar-refractivity contribution in [2.24, 2.45) is 10.4 Å². The average Bonchev–Trinajstić information content (AvgIpc) is 3.25. The predicted octanol–water partition coefficient (Wildman–Crippen LogP) is 2.86. The summed E-state index contributed by atoms with van der Waals surface area (Å²) in [6, 6.07) is 5.32. The molecule has 1 spiro atoms. The monoisotopic (exact) mass is 344 g/mol. The van der Waals surface area contributed by atoms with E-state index in [2.05, 4.69) is 17.1 Å². The fraction of sp³-hybridized carbons (Fsp3) is 0.700. The lowest BCUT2D eigenvalue weighted by Crippen LogP contribution is -2.41. The topological polar surface area (TPSA) is 49.6 Å². The van der Waals surface area contributed by atoms with Crippen LogP contribution in [-0.2, 0) is 6.54 Å². The van der Waals surface area contributed by atoms with Gasteiger partial charge in [-0.25, -0.2) is 0 Å². The number of rotatable bonds is 6. The highest BCUT2D eigenvalue weighted by Gasteiger charge is 2.40. The Kier molecular flexibility index (Phi) is 6.16. The number of nitrogens with zero attached hydrogens (tertiary/aromatic N) is 3. The number of nitrogens with one attached hydrogen (secondary N) is 1. The molecule has 138 valence electrons. The van der Waals surface area contributed by atoms with Gasteiger partial charge in [0.05, 0.1) is 0 Å². The Bertz CT molecular complexity index is 631. The van der Waals surface area contributed by atoms with Gasteiger partial charge in [-0.15, -0.1) is 0 Å². The van der Waals surface area contributed by atoms with Crippen LogP contribution >= 0.6 is 0 Å². The second kappa shape index (κ2) is 8.54. The number of unbranched alkanes of at least 4 members (excludes halogenated alkanes) is 1. The average molecular weight is 345 g/mol. The van der Waals surface area contributed by atoms with E-state index in [0.29, 0.717) is 5.41 Å². The van der Waals surface area contributed by atoms with Crippen LogP contribution in [-0.4, -0.2) is 41.6 Å². The summed E-state index contributed by atoms with van der Waals surface area (Å²) >= 11 is 0. The van der Waals surface area contributed by atoms with E-state index in [-0.39, 0.29) is 5.56 Å². The summed E-state index contributed by atoms with van der Waals surface area (Å²) in [5, 5.41) is 3.47. The molecule has 0 unspecified atom stereocenters. The lowest BCUT2D eigenvalue weighted by molar-refractivity contribution is 0.309. The molecule has 3 rings (SSSR count).